The number of rotatable bonds is 2. The smallest absolute Gasteiger partial charge is 0.0434 e. The van der Waals surface area contributed by atoms with Crippen LogP contribution < -0.4 is 0 Å². The van der Waals surface area contributed by atoms with Gasteiger partial charge in [-0.25, -0.2) is 0 Å². The third kappa shape index (κ3) is 7.12. The molecular formula is C7H14N2. The topological polar surface area (TPSA) is 6.48 Å². The molecule has 0 aliphatic heterocycles. The van der Waals surface area contributed by atoms with Crippen molar-refractivity contribution in [2.24, 2.45) is 0 Å². The van der Waals surface area contributed by atoms with Gasteiger partial charge < -0.3 is 9.80 Å². The Kier molecular flexibility index (Phi) is 3.65. The van der Waals surface area contributed by atoms with Crippen molar-refractivity contribution in [1.82, 2.24) is 9.80 Å². The fourth-order valence-corrected chi connectivity index (χ4v) is 0.331. The van der Waals surface area contributed by atoms with Crippen LogP contribution in [0.2, 0.25) is 0 Å². The van der Waals surface area contributed by atoms with Crippen LogP contribution >= 0.6 is 0 Å². The van der Waals surface area contributed by atoms with Crippen molar-refractivity contribution in [3.8, 4) is 0 Å². The molecule has 0 aromatic heterocycles. The van der Waals surface area contributed by atoms with E-state index in [1.165, 1.54) is 0 Å². The fourth-order valence-electron chi connectivity index (χ4n) is 0.331. The van der Waals surface area contributed by atoms with Gasteiger partial charge in [0.1, 0.15) is 0 Å². The monoisotopic (exact) mass is 126 g/mol. The minimum atomic E-state index is 1.88. The molecule has 0 N–H and O–H groups in total. The van der Waals surface area contributed by atoms with E-state index in [2.05, 4.69) is 5.73 Å². The van der Waals surface area contributed by atoms with Crippen molar-refractivity contribution in [2.75, 3.05) is 28.2 Å². The SMILES string of the molecule is CN(C)C=C=CN(C)C. The molecule has 0 fully saturated rings. The zero-order valence-electron chi connectivity index (χ0n) is 6.55. The van der Waals surface area contributed by atoms with Crippen LogP contribution in [0.1, 0.15) is 0 Å². The van der Waals surface area contributed by atoms with Crippen molar-refractivity contribution in [3.63, 3.8) is 0 Å². The lowest BCUT2D eigenvalue weighted by atomic mass is 10.7. The Labute approximate surface area is 57.1 Å². The summed E-state index contributed by atoms with van der Waals surface area (Å²) in [5, 5.41) is 0. The van der Waals surface area contributed by atoms with Crippen molar-refractivity contribution >= 4 is 0 Å². The van der Waals surface area contributed by atoms with Crippen LogP contribution in [0.25, 0.3) is 0 Å². The van der Waals surface area contributed by atoms with Crippen LogP contribution in [0.15, 0.2) is 18.1 Å². The zero-order valence-corrected chi connectivity index (χ0v) is 6.55. The normalized spacial score (nSPS) is 7.56. The van der Waals surface area contributed by atoms with Crippen LogP contribution in [0.4, 0.5) is 0 Å². The Morgan fingerprint density at radius 2 is 1.22 bits per heavy atom. The molecule has 0 heterocycles. The quantitative estimate of drug-likeness (QED) is 0.503. The van der Waals surface area contributed by atoms with Crippen molar-refractivity contribution < 1.29 is 0 Å². The molecule has 0 aliphatic rings. The molecule has 9 heavy (non-hydrogen) atoms. The van der Waals surface area contributed by atoms with Crippen LogP contribution in [-0.2, 0) is 0 Å². The third-order valence-corrected chi connectivity index (χ3v) is 0.665. The predicted molar refractivity (Wildman–Crippen MR) is 40.0 cm³/mol. The van der Waals surface area contributed by atoms with Gasteiger partial charge in [-0.05, 0) is 0 Å². The first kappa shape index (κ1) is 8.12. The van der Waals surface area contributed by atoms with Crippen molar-refractivity contribution in [2.45, 2.75) is 0 Å². The highest BCUT2D eigenvalue weighted by Gasteiger charge is 1.71. The molecule has 0 atom stereocenters. The molecule has 0 aromatic rings. The summed E-state index contributed by atoms with van der Waals surface area (Å²) in [5.74, 6) is 0. The Bertz CT molecular complexity index is 107. The summed E-state index contributed by atoms with van der Waals surface area (Å²) < 4.78 is 0. The third-order valence-electron chi connectivity index (χ3n) is 0.665. The van der Waals surface area contributed by atoms with Gasteiger partial charge in [0.05, 0.1) is 0 Å². The Balaban J connectivity index is 3.67. The first-order chi connectivity index (χ1) is 4.13. The maximum absolute atomic E-state index is 2.99. The van der Waals surface area contributed by atoms with E-state index in [-0.39, 0.29) is 0 Å². The van der Waals surface area contributed by atoms with E-state index in [1.807, 2.05) is 50.4 Å². The second-order valence-corrected chi connectivity index (χ2v) is 2.35. The average molecular weight is 126 g/mol. The molecule has 0 bridgehead atoms. The molecule has 52 valence electrons. The summed E-state index contributed by atoms with van der Waals surface area (Å²) in [7, 11) is 7.88. The van der Waals surface area contributed by atoms with E-state index in [4.69, 9.17) is 0 Å². The van der Waals surface area contributed by atoms with E-state index in [0.29, 0.717) is 0 Å². The highest BCUT2D eigenvalue weighted by molar-refractivity contribution is 4.80. The summed E-state index contributed by atoms with van der Waals surface area (Å²) in [4.78, 5) is 3.89. The highest BCUT2D eigenvalue weighted by atomic mass is 15.0. The molecule has 0 unspecified atom stereocenters. The molecular weight excluding hydrogens is 112 g/mol. The van der Waals surface area contributed by atoms with Gasteiger partial charge in [0.2, 0.25) is 0 Å². The number of hydrogen-bond acceptors (Lipinski definition) is 2. The number of hydrogen-bond donors (Lipinski definition) is 0. The summed E-state index contributed by atoms with van der Waals surface area (Å²) >= 11 is 0. The minimum absolute atomic E-state index is 1.88. The molecule has 2 heteroatoms. The molecule has 0 saturated heterocycles. The van der Waals surface area contributed by atoms with E-state index in [1.54, 1.807) is 0 Å². The maximum atomic E-state index is 2.99. The first-order valence-corrected chi connectivity index (χ1v) is 2.88. The fraction of sp³-hybridized carbons (Fsp3) is 0.571. The Hall–Kier alpha value is -0.880. The van der Waals surface area contributed by atoms with Gasteiger partial charge in [0.25, 0.3) is 0 Å². The van der Waals surface area contributed by atoms with E-state index >= 15 is 0 Å². The second kappa shape index (κ2) is 4.04. The van der Waals surface area contributed by atoms with Gasteiger partial charge in [0, 0.05) is 40.6 Å². The van der Waals surface area contributed by atoms with E-state index < -0.39 is 0 Å². The zero-order chi connectivity index (χ0) is 7.28. The predicted octanol–water partition coefficient (Wildman–Crippen LogP) is 0.736. The lowest BCUT2D eigenvalue weighted by Gasteiger charge is -2.01. The van der Waals surface area contributed by atoms with Gasteiger partial charge in [-0.2, -0.15) is 0 Å². The van der Waals surface area contributed by atoms with Gasteiger partial charge >= 0.3 is 0 Å². The van der Waals surface area contributed by atoms with Crippen LogP contribution in [0.5, 0.6) is 0 Å². The summed E-state index contributed by atoms with van der Waals surface area (Å²) in [6, 6.07) is 0. The van der Waals surface area contributed by atoms with Gasteiger partial charge in [-0.1, -0.05) is 5.73 Å². The van der Waals surface area contributed by atoms with Crippen molar-refractivity contribution in [1.29, 1.82) is 0 Å². The molecule has 2 nitrogen and oxygen atoms in total. The standard InChI is InChI=1S/C7H14N2/c1-8(2)6-5-7-9(3)4/h6-7H,1-4H3. The molecule has 0 spiro atoms. The molecule has 0 saturated carbocycles. The molecule has 0 radical (unpaired) electrons. The van der Waals surface area contributed by atoms with Crippen molar-refractivity contribution in [3.05, 3.63) is 18.1 Å². The van der Waals surface area contributed by atoms with E-state index in [9.17, 15) is 0 Å². The van der Waals surface area contributed by atoms with Crippen LogP contribution in [-0.4, -0.2) is 38.0 Å². The second-order valence-electron chi connectivity index (χ2n) is 2.35. The van der Waals surface area contributed by atoms with Gasteiger partial charge in [-0.3, -0.25) is 0 Å². The highest BCUT2D eigenvalue weighted by Crippen LogP contribution is 1.75. The van der Waals surface area contributed by atoms with Gasteiger partial charge in [-0.15, -0.1) is 0 Å². The Morgan fingerprint density at radius 1 is 0.889 bits per heavy atom. The lowest BCUT2D eigenvalue weighted by molar-refractivity contribution is 0.551. The summed E-state index contributed by atoms with van der Waals surface area (Å²) in [5.41, 5.74) is 2.99. The maximum Gasteiger partial charge on any atom is 0.0434 e. The average Bonchev–Trinajstić information content (AvgIpc) is 1.63. The summed E-state index contributed by atoms with van der Waals surface area (Å²) in [6.45, 7) is 0. The van der Waals surface area contributed by atoms with Crippen LogP contribution in [0, 0.1) is 0 Å². The van der Waals surface area contributed by atoms with E-state index in [0.717, 1.165) is 0 Å². The summed E-state index contributed by atoms with van der Waals surface area (Å²) in [6.07, 6.45) is 3.75. The Morgan fingerprint density at radius 3 is 1.44 bits per heavy atom. The van der Waals surface area contributed by atoms with Crippen LogP contribution in [0.3, 0.4) is 0 Å². The molecule has 0 amide bonds. The molecule has 0 aromatic carbocycles. The minimum Gasteiger partial charge on any atom is -0.377 e. The molecule has 0 rings (SSSR count). The first-order valence-electron chi connectivity index (χ1n) is 2.88. The number of nitrogens with zero attached hydrogens (tertiary/aromatic N) is 2. The van der Waals surface area contributed by atoms with Gasteiger partial charge in [0.15, 0.2) is 0 Å². The lowest BCUT2D eigenvalue weighted by Crippen LogP contribution is -2.01. The molecule has 0 aliphatic carbocycles. The largest absolute Gasteiger partial charge is 0.377 e.